The topological polar surface area (TPSA) is 75.0 Å². The lowest BCUT2D eigenvalue weighted by atomic mass is 10.2. The molecule has 0 radical (unpaired) electrons. The van der Waals surface area contributed by atoms with Crippen LogP contribution in [0.4, 0.5) is 0 Å². The van der Waals surface area contributed by atoms with Crippen molar-refractivity contribution in [3.8, 4) is 17.2 Å². The third-order valence-electron chi connectivity index (χ3n) is 4.44. The van der Waals surface area contributed by atoms with Gasteiger partial charge in [-0.3, -0.25) is 4.79 Å². The maximum Gasteiger partial charge on any atom is 0.291 e. The van der Waals surface area contributed by atoms with Crippen LogP contribution in [0.25, 0.3) is 23.2 Å². The van der Waals surface area contributed by atoms with Crippen molar-refractivity contribution in [3.05, 3.63) is 74.3 Å². The van der Waals surface area contributed by atoms with E-state index in [1.807, 2.05) is 42.5 Å². The molecule has 0 fully saturated rings. The van der Waals surface area contributed by atoms with Gasteiger partial charge in [0.25, 0.3) is 5.56 Å². The summed E-state index contributed by atoms with van der Waals surface area (Å²) in [5, 5.41) is 4.31. The van der Waals surface area contributed by atoms with Crippen molar-refractivity contribution < 1.29 is 14.2 Å². The number of thiazole rings is 1. The van der Waals surface area contributed by atoms with Gasteiger partial charge in [-0.15, -0.1) is 5.10 Å². The van der Waals surface area contributed by atoms with Gasteiger partial charge in [0, 0.05) is 0 Å². The van der Waals surface area contributed by atoms with Crippen molar-refractivity contribution in [1.82, 2.24) is 14.6 Å². The molecule has 0 aliphatic carbocycles. The van der Waals surface area contributed by atoms with Crippen molar-refractivity contribution in [2.75, 3.05) is 21.3 Å². The van der Waals surface area contributed by atoms with Crippen LogP contribution in [0.1, 0.15) is 17.0 Å². The van der Waals surface area contributed by atoms with Crippen LogP contribution in [0.5, 0.6) is 17.2 Å². The molecule has 0 spiro atoms. The first-order chi connectivity index (χ1) is 14.6. The Morgan fingerprint density at radius 2 is 1.63 bits per heavy atom. The first kappa shape index (κ1) is 19.7. The number of nitrogens with zero attached hydrogens (tertiary/aromatic N) is 3. The highest BCUT2D eigenvalue weighted by Gasteiger charge is 2.10. The fraction of sp³-hybridized carbons (Fsp3) is 0.136. The maximum atomic E-state index is 12.7. The van der Waals surface area contributed by atoms with E-state index in [0.29, 0.717) is 26.8 Å². The second-order valence-corrected chi connectivity index (χ2v) is 7.31. The van der Waals surface area contributed by atoms with E-state index in [1.54, 1.807) is 39.5 Å². The minimum atomic E-state index is -0.207. The Bertz CT molecular complexity index is 1320. The number of aromatic nitrogens is 3. The highest BCUT2D eigenvalue weighted by Crippen LogP contribution is 2.27. The summed E-state index contributed by atoms with van der Waals surface area (Å²) in [6.45, 7) is 0. The van der Waals surface area contributed by atoms with Gasteiger partial charge in [-0.1, -0.05) is 35.6 Å². The molecular weight excluding hydrogens is 402 g/mol. The molecule has 2 aromatic heterocycles. The molecule has 0 saturated heterocycles. The number of hydrogen-bond donors (Lipinski definition) is 0. The summed E-state index contributed by atoms with van der Waals surface area (Å²) in [5.41, 5.74) is 1.61. The molecular formula is C22H19N3O4S. The van der Waals surface area contributed by atoms with E-state index >= 15 is 0 Å². The lowest BCUT2D eigenvalue weighted by Gasteiger charge is -2.07. The SMILES string of the molecule is COc1ccc(/C=C/c2nc3s/c(=C/c4ccc(OC)c(OC)c4)c(=O)n3n2)cc1. The maximum absolute atomic E-state index is 12.7. The molecule has 0 aliphatic rings. The Kier molecular flexibility index (Phi) is 5.49. The van der Waals surface area contributed by atoms with E-state index in [-0.39, 0.29) is 5.56 Å². The van der Waals surface area contributed by atoms with Crippen LogP contribution >= 0.6 is 11.3 Å². The van der Waals surface area contributed by atoms with Crippen LogP contribution in [0.3, 0.4) is 0 Å². The standard InChI is InChI=1S/C22H19N3O4S/c1-27-16-8-4-14(5-9-16)7-11-20-23-22-25(24-20)21(26)19(30-22)13-15-6-10-17(28-2)18(12-15)29-3/h4-13H,1-3H3/b11-7+,19-13+. The van der Waals surface area contributed by atoms with E-state index in [2.05, 4.69) is 10.1 Å². The van der Waals surface area contributed by atoms with Crippen LogP contribution in [0.15, 0.2) is 47.3 Å². The molecule has 0 aliphatic heterocycles. The van der Waals surface area contributed by atoms with Crippen LogP contribution in [0.2, 0.25) is 0 Å². The monoisotopic (exact) mass is 421 g/mol. The Hall–Kier alpha value is -3.65. The predicted octanol–water partition coefficient (Wildman–Crippen LogP) is 2.89. The molecule has 8 heteroatoms. The zero-order valence-corrected chi connectivity index (χ0v) is 17.5. The second kappa shape index (κ2) is 8.38. The summed E-state index contributed by atoms with van der Waals surface area (Å²) in [7, 11) is 4.78. The van der Waals surface area contributed by atoms with Crippen LogP contribution < -0.4 is 24.3 Å². The van der Waals surface area contributed by atoms with E-state index in [4.69, 9.17) is 14.2 Å². The smallest absolute Gasteiger partial charge is 0.291 e. The van der Waals surface area contributed by atoms with E-state index in [1.165, 1.54) is 15.9 Å². The first-order valence-electron chi connectivity index (χ1n) is 9.06. The number of fused-ring (bicyclic) bond motifs is 1. The summed E-state index contributed by atoms with van der Waals surface area (Å²) in [6, 6.07) is 13.1. The summed E-state index contributed by atoms with van der Waals surface area (Å²) in [5.74, 6) is 2.51. The molecule has 4 aromatic rings. The molecule has 0 bridgehead atoms. The summed E-state index contributed by atoms with van der Waals surface area (Å²) < 4.78 is 17.6. The number of rotatable bonds is 6. The van der Waals surface area contributed by atoms with Gasteiger partial charge >= 0.3 is 0 Å². The Balaban J connectivity index is 1.63. The summed E-state index contributed by atoms with van der Waals surface area (Å²) >= 11 is 1.29. The number of methoxy groups -OCH3 is 3. The van der Waals surface area contributed by atoms with Gasteiger partial charge in [0.1, 0.15) is 5.75 Å². The summed E-state index contributed by atoms with van der Waals surface area (Å²) in [6.07, 6.45) is 5.46. The fourth-order valence-corrected chi connectivity index (χ4v) is 3.81. The number of benzene rings is 2. The lowest BCUT2D eigenvalue weighted by molar-refractivity contribution is 0.355. The van der Waals surface area contributed by atoms with Gasteiger partial charge in [-0.2, -0.15) is 9.50 Å². The molecule has 2 heterocycles. The third kappa shape index (κ3) is 3.90. The van der Waals surface area contributed by atoms with Crippen molar-refractivity contribution in [2.45, 2.75) is 0 Å². The second-order valence-electron chi connectivity index (χ2n) is 6.30. The molecule has 30 heavy (non-hydrogen) atoms. The minimum Gasteiger partial charge on any atom is -0.497 e. The molecule has 0 amide bonds. The van der Waals surface area contributed by atoms with Gasteiger partial charge in [0.15, 0.2) is 17.3 Å². The average molecular weight is 421 g/mol. The largest absolute Gasteiger partial charge is 0.497 e. The van der Waals surface area contributed by atoms with Gasteiger partial charge in [-0.25, -0.2) is 0 Å². The van der Waals surface area contributed by atoms with Crippen molar-refractivity contribution in [2.24, 2.45) is 0 Å². The third-order valence-corrected chi connectivity index (χ3v) is 5.40. The van der Waals surface area contributed by atoms with Gasteiger partial charge in [0.2, 0.25) is 4.96 Å². The molecule has 0 N–H and O–H groups in total. The van der Waals surface area contributed by atoms with Crippen LogP contribution in [-0.4, -0.2) is 35.9 Å². The fourth-order valence-electron chi connectivity index (χ4n) is 2.90. The normalized spacial score (nSPS) is 12.0. The van der Waals surface area contributed by atoms with E-state index in [9.17, 15) is 4.79 Å². The van der Waals surface area contributed by atoms with Crippen molar-refractivity contribution >= 4 is 34.5 Å². The molecule has 4 rings (SSSR count). The van der Waals surface area contributed by atoms with Crippen molar-refractivity contribution in [1.29, 1.82) is 0 Å². The number of hydrogen-bond acceptors (Lipinski definition) is 7. The zero-order chi connectivity index (χ0) is 21.1. The Morgan fingerprint density at radius 3 is 2.30 bits per heavy atom. The van der Waals surface area contributed by atoms with Gasteiger partial charge in [0.05, 0.1) is 25.9 Å². The average Bonchev–Trinajstić information content (AvgIpc) is 3.31. The summed E-state index contributed by atoms with van der Waals surface area (Å²) in [4.78, 5) is 17.7. The molecule has 7 nitrogen and oxygen atoms in total. The van der Waals surface area contributed by atoms with E-state index < -0.39 is 0 Å². The highest BCUT2D eigenvalue weighted by atomic mass is 32.1. The van der Waals surface area contributed by atoms with Crippen LogP contribution in [-0.2, 0) is 0 Å². The first-order valence-corrected chi connectivity index (χ1v) is 9.88. The zero-order valence-electron chi connectivity index (χ0n) is 16.7. The predicted molar refractivity (Wildman–Crippen MR) is 117 cm³/mol. The molecule has 2 aromatic carbocycles. The quantitative estimate of drug-likeness (QED) is 0.477. The van der Waals surface area contributed by atoms with Crippen LogP contribution in [0, 0.1) is 0 Å². The minimum absolute atomic E-state index is 0.207. The van der Waals surface area contributed by atoms with Crippen molar-refractivity contribution in [3.63, 3.8) is 0 Å². The molecule has 0 atom stereocenters. The molecule has 152 valence electrons. The Morgan fingerprint density at radius 1 is 0.900 bits per heavy atom. The Labute approximate surface area is 176 Å². The highest BCUT2D eigenvalue weighted by molar-refractivity contribution is 7.15. The van der Waals surface area contributed by atoms with E-state index in [0.717, 1.165) is 16.9 Å². The van der Waals surface area contributed by atoms with Gasteiger partial charge in [-0.05, 0) is 47.5 Å². The molecule has 0 saturated carbocycles. The number of ether oxygens (including phenoxy) is 3. The van der Waals surface area contributed by atoms with Gasteiger partial charge < -0.3 is 14.2 Å². The molecule has 0 unspecified atom stereocenters. The lowest BCUT2D eigenvalue weighted by Crippen LogP contribution is -2.23.